The summed E-state index contributed by atoms with van der Waals surface area (Å²) in [7, 11) is 0. The zero-order chi connectivity index (χ0) is 39.1. The van der Waals surface area contributed by atoms with Crippen LogP contribution in [-0.4, -0.2) is 24.3 Å². The smallest absolute Gasteiger partial charge is 0.160 e. The first-order valence-corrected chi connectivity index (χ1v) is 19.8. The molecule has 0 aliphatic heterocycles. The van der Waals surface area contributed by atoms with E-state index in [1.54, 1.807) is 0 Å². The summed E-state index contributed by atoms with van der Waals surface area (Å²) >= 11 is 0. The summed E-state index contributed by atoms with van der Waals surface area (Å²) in [5.74, 6) is 0.713. The van der Waals surface area contributed by atoms with Gasteiger partial charge in [0.05, 0.1) is 28.3 Å². The van der Waals surface area contributed by atoms with Gasteiger partial charge in [-0.05, 0) is 40.5 Å². The first-order valence-electron chi connectivity index (χ1n) is 19.8. The van der Waals surface area contributed by atoms with Crippen molar-refractivity contribution < 1.29 is 0 Å². The zero-order valence-electron chi connectivity index (χ0n) is 31.9. The third-order valence-electron chi connectivity index (χ3n) is 11.1. The Labute approximate surface area is 341 Å². The number of hydrogen-bond donors (Lipinski definition) is 0. The molecule has 0 spiro atoms. The molecule has 5 heteroatoms. The maximum absolute atomic E-state index is 5.21. The largest absolute Gasteiger partial charge is 0.306 e. The van der Waals surface area contributed by atoms with E-state index in [9.17, 15) is 0 Å². The van der Waals surface area contributed by atoms with Gasteiger partial charge in [0.25, 0.3) is 0 Å². The van der Waals surface area contributed by atoms with Crippen LogP contribution in [-0.2, 0) is 0 Å². The highest BCUT2D eigenvalue weighted by Crippen LogP contribution is 2.37. The maximum Gasteiger partial charge on any atom is 0.160 e. The van der Waals surface area contributed by atoms with Gasteiger partial charge in [0.2, 0.25) is 0 Å². The Morgan fingerprint density at radius 1 is 0.322 bits per heavy atom. The Hall–Kier alpha value is -8.02. The summed E-state index contributed by atoms with van der Waals surface area (Å²) in [5.41, 5.74) is 15.4. The number of aromatic nitrogens is 5. The molecule has 4 aromatic heterocycles. The summed E-state index contributed by atoms with van der Waals surface area (Å²) in [4.78, 5) is 20.3. The van der Waals surface area contributed by atoms with Crippen LogP contribution in [0.15, 0.2) is 213 Å². The summed E-state index contributed by atoms with van der Waals surface area (Å²) in [6.07, 6.45) is 4.21. The van der Waals surface area contributed by atoms with Crippen molar-refractivity contribution in [2.75, 3.05) is 0 Å². The molecule has 0 saturated heterocycles. The molecule has 11 aromatic rings. The number of para-hydroxylation sites is 1. The summed E-state index contributed by atoms with van der Waals surface area (Å²) in [6, 6.07) is 69.6. The number of fused-ring (bicyclic) bond motifs is 5. The van der Waals surface area contributed by atoms with E-state index in [1.165, 1.54) is 0 Å². The minimum Gasteiger partial charge on any atom is -0.306 e. The molecule has 0 radical (unpaired) electrons. The molecule has 0 aliphatic carbocycles. The van der Waals surface area contributed by atoms with Gasteiger partial charge >= 0.3 is 0 Å². The van der Waals surface area contributed by atoms with Gasteiger partial charge in [-0.2, -0.15) is 0 Å². The maximum atomic E-state index is 5.21. The van der Waals surface area contributed by atoms with Gasteiger partial charge in [-0.1, -0.05) is 182 Å². The predicted molar refractivity (Wildman–Crippen MR) is 242 cm³/mol. The number of hydrogen-bond acceptors (Lipinski definition) is 4. The first kappa shape index (κ1) is 34.2. The lowest BCUT2D eigenvalue weighted by molar-refractivity contribution is 1.18. The lowest BCUT2D eigenvalue weighted by Crippen LogP contribution is -1.95. The van der Waals surface area contributed by atoms with E-state index >= 15 is 0 Å². The minimum absolute atomic E-state index is 0.713. The van der Waals surface area contributed by atoms with Crippen molar-refractivity contribution >= 4 is 27.3 Å². The van der Waals surface area contributed by atoms with E-state index in [1.807, 2.05) is 42.5 Å². The second-order valence-electron chi connectivity index (χ2n) is 14.7. The minimum atomic E-state index is 0.713. The third-order valence-corrected chi connectivity index (χ3v) is 11.1. The van der Waals surface area contributed by atoms with Crippen LogP contribution in [0.5, 0.6) is 0 Å². The second kappa shape index (κ2) is 14.5. The van der Waals surface area contributed by atoms with Gasteiger partial charge in [-0.15, -0.1) is 0 Å². The zero-order valence-corrected chi connectivity index (χ0v) is 31.9. The normalized spacial score (nSPS) is 11.4. The van der Waals surface area contributed by atoms with Crippen molar-refractivity contribution in [3.63, 3.8) is 0 Å². The van der Waals surface area contributed by atoms with Crippen LogP contribution < -0.4 is 0 Å². The molecular weight excluding hydrogens is 719 g/mol. The molecule has 0 atom stereocenters. The Morgan fingerprint density at radius 2 is 0.780 bits per heavy atom. The average molecular weight is 754 g/mol. The van der Waals surface area contributed by atoms with Crippen LogP contribution in [0.25, 0.3) is 106 Å². The van der Waals surface area contributed by atoms with Gasteiger partial charge in [0.1, 0.15) is 5.65 Å². The molecule has 276 valence electrons. The van der Waals surface area contributed by atoms with Crippen LogP contribution in [0.4, 0.5) is 0 Å². The van der Waals surface area contributed by atoms with Crippen LogP contribution >= 0.6 is 0 Å². The summed E-state index contributed by atoms with van der Waals surface area (Å²) < 4.78 is 2.13. The van der Waals surface area contributed by atoms with Crippen LogP contribution in [0.1, 0.15) is 0 Å². The van der Waals surface area contributed by atoms with Crippen LogP contribution in [0, 0.1) is 0 Å². The Bertz CT molecular complexity index is 3210. The fourth-order valence-corrected chi connectivity index (χ4v) is 8.02. The molecule has 0 amide bonds. The molecule has 0 N–H and O–H groups in total. The predicted octanol–water partition coefficient (Wildman–Crippen LogP) is 13.5. The highest BCUT2D eigenvalue weighted by molar-refractivity contribution is 6.16. The lowest BCUT2D eigenvalue weighted by atomic mass is 9.97. The van der Waals surface area contributed by atoms with E-state index in [0.717, 1.165) is 100 Å². The van der Waals surface area contributed by atoms with Crippen LogP contribution in [0.3, 0.4) is 0 Å². The molecule has 4 heterocycles. The fraction of sp³-hybridized carbons (Fsp3) is 0. The summed E-state index contributed by atoms with van der Waals surface area (Å²) in [6.45, 7) is 0. The fourth-order valence-electron chi connectivity index (χ4n) is 8.02. The monoisotopic (exact) mass is 753 g/mol. The van der Waals surface area contributed by atoms with Crippen molar-refractivity contribution in [2.45, 2.75) is 0 Å². The van der Waals surface area contributed by atoms with E-state index in [-0.39, 0.29) is 0 Å². The Morgan fingerprint density at radius 3 is 1.36 bits per heavy atom. The average Bonchev–Trinajstić information content (AvgIpc) is 3.77. The molecule has 59 heavy (non-hydrogen) atoms. The molecule has 0 fully saturated rings. The number of rotatable bonds is 7. The van der Waals surface area contributed by atoms with Crippen molar-refractivity contribution in [3.05, 3.63) is 213 Å². The Balaban J connectivity index is 0.885. The second-order valence-corrected chi connectivity index (χ2v) is 14.7. The molecule has 0 unspecified atom stereocenters. The molecule has 0 saturated carbocycles. The van der Waals surface area contributed by atoms with Crippen molar-refractivity contribution in [1.82, 2.24) is 24.3 Å². The molecule has 0 bridgehead atoms. The van der Waals surface area contributed by atoms with E-state index in [2.05, 4.69) is 175 Å². The molecule has 0 aliphatic rings. The summed E-state index contributed by atoms with van der Waals surface area (Å²) in [5, 5.41) is 3.28. The number of benzene rings is 7. The third kappa shape index (κ3) is 6.41. The van der Waals surface area contributed by atoms with E-state index < -0.39 is 0 Å². The van der Waals surface area contributed by atoms with Crippen LogP contribution in [0.2, 0.25) is 0 Å². The van der Waals surface area contributed by atoms with Gasteiger partial charge in [-0.25, -0.2) is 19.9 Å². The van der Waals surface area contributed by atoms with Gasteiger partial charge in [-0.3, -0.25) is 0 Å². The van der Waals surface area contributed by atoms with Crippen molar-refractivity contribution in [3.8, 4) is 78.7 Å². The highest BCUT2D eigenvalue weighted by atomic mass is 15.0. The molecule has 11 rings (SSSR count). The number of pyridine rings is 2. The lowest BCUT2D eigenvalue weighted by Gasteiger charge is -2.12. The molecular formula is C54H35N5. The quantitative estimate of drug-likeness (QED) is 0.152. The number of nitrogens with zero attached hydrogens (tertiary/aromatic N) is 5. The van der Waals surface area contributed by atoms with Gasteiger partial charge in [0, 0.05) is 56.4 Å². The Kier molecular flexibility index (Phi) is 8.41. The standard InChI is InChI=1S/C54H35N5/c1-4-12-40(13-5-1)48-34-49(57-53(56-48)44-16-8-3-9-17-44)42-28-24-38(25-29-42)36-20-22-37(23-21-36)39-26-30-43(31-27-39)52-46-32-33-59-35-50(41-14-6-2-7-15-41)58-54(59)51(46)45-18-10-11-19-47(45)55-52/h1-35H. The number of imidazole rings is 1. The topological polar surface area (TPSA) is 56.0 Å². The van der Waals surface area contributed by atoms with E-state index in [4.69, 9.17) is 19.9 Å². The van der Waals surface area contributed by atoms with Gasteiger partial charge < -0.3 is 4.40 Å². The van der Waals surface area contributed by atoms with Gasteiger partial charge in [0.15, 0.2) is 5.82 Å². The van der Waals surface area contributed by atoms with Crippen molar-refractivity contribution in [1.29, 1.82) is 0 Å². The van der Waals surface area contributed by atoms with E-state index in [0.29, 0.717) is 5.82 Å². The first-order chi connectivity index (χ1) is 29.2. The highest BCUT2D eigenvalue weighted by Gasteiger charge is 2.16. The SMILES string of the molecule is c1ccc(-c2cc(-c3ccc(-c4ccc(-c5ccc(-c6nc7ccccc7c7c6ccn6cc(-c8ccccc8)nc76)cc5)cc4)cc3)nc(-c3ccccc3)n2)cc1. The molecule has 5 nitrogen and oxygen atoms in total. The van der Waals surface area contributed by atoms with Crippen molar-refractivity contribution in [2.24, 2.45) is 0 Å². The molecule has 7 aromatic carbocycles.